The zero-order chi connectivity index (χ0) is 19.1. The highest BCUT2D eigenvalue weighted by Crippen LogP contribution is 2.31. The van der Waals surface area contributed by atoms with Crippen LogP contribution in [0.5, 0.6) is 0 Å². The van der Waals surface area contributed by atoms with E-state index >= 15 is 0 Å². The predicted molar refractivity (Wildman–Crippen MR) is 100.0 cm³/mol. The van der Waals surface area contributed by atoms with E-state index < -0.39 is 17.9 Å². The molecule has 2 amide bonds. The van der Waals surface area contributed by atoms with Gasteiger partial charge in [0.25, 0.3) is 5.91 Å². The third-order valence-corrected chi connectivity index (χ3v) is 5.11. The van der Waals surface area contributed by atoms with Gasteiger partial charge in [0.1, 0.15) is 6.04 Å². The van der Waals surface area contributed by atoms with Crippen molar-refractivity contribution >= 4 is 23.5 Å². The molecular weight excluding hydrogens is 332 g/mol. The standard InChI is InChI=1S/C20H28N2O4/c1-13(15-6-4-3-5-7-15)12-18(23)22-17-10-8-16(9-11-17)19(24)21-14(2)20(25)26/h8-11,13-15H,3-7,12H2,1-2H3,(H,21,24)(H,22,23)(H,25,26). The van der Waals surface area contributed by atoms with Gasteiger partial charge in [-0.15, -0.1) is 0 Å². The summed E-state index contributed by atoms with van der Waals surface area (Å²) < 4.78 is 0. The number of amides is 2. The monoisotopic (exact) mass is 360 g/mol. The summed E-state index contributed by atoms with van der Waals surface area (Å²) in [6.07, 6.45) is 6.77. The van der Waals surface area contributed by atoms with Crippen molar-refractivity contribution in [2.75, 3.05) is 5.32 Å². The number of nitrogens with one attached hydrogen (secondary N) is 2. The number of anilines is 1. The van der Waals surface area contributed by atoms with Gasteiger partial charge < -0.3 is 15.7 Å². The van der Waals surface area contributed by atoms with E-state index in [1.54, 1.807) is 24.3 Å². The number of hydrogen-bond acceptors (Lipinski definition) is 3. The molecule has 26 heavy (non-hydrogen) atoms. The minimum absolute atomic E-state index is 0.0141. The molecule has 1 aliphatic rings. The Morgan fingerprint density at radius 1 is 1.08 bits per heavy atom. The highest BCUT2D eigenvalue weighted by Gasteiger charge is 2.22. The van der Waals surface area contributed by atoms with Crippen LogP contribution in [0.2, 0.25) is 0 Å². The fourth-order valence-corrected chi connectivity index (χ4v) is 3.42. The van der Waals surface area contributed by atoms with E-state index in [9.17, 15) is 14.4 Å². The summed E-state index contributed by atoms with van der Waals surface area (Å²) in [6, 6.07) is 5.50. The van der Waals surface area contributed by atoms with Crippen LogP contribution in [0.3, 0.4) is 0 Å². The second kappa shape index (κ2) is 9.36. The highest BCUT2D eigenvalue weighted by atomic mass is 16.4. The van der Waals surface area contributed by atoms with Gasteiger partial charge in [0, 0.05) is 17.7 Å². The van der Waals surface area contributed by atoms with Crippen molar-refractivity contribution in [3.05, 3.63) is 29.8 Å². The zero-order valence-corrected chi connectivity index (χ0v) is 15.5. The van der Waals surface area contributed by atoms with Gasteiger partial charge in [-0.2, -0.15) is 0 Å². The lowest BCUT2D eigenvalue weighted by Crippen LogP contribution is -2.38. The molecule has 1 aromatic rings. The Kier molecular flexibility index (Phi) is 7.18. The molecule has 0 aliphatic heterocycles. The second-order valence-electron chi connectivity index (χ2n) is 7.24. The summed E-state index contributed by atoms with van der Waals surface area (Å²) in [5, 5.41) is 14.1. The average Bonchev–Trinajstić information content (AvgIpc) is 2.62. The molecule has 0 heterocycles. The average molecular weight is 360 g/mol. The molecule has 3 N–H and O–H groups in total. The van der Waals surface area contributed by atoms with Crippen molar-refractivity contribution < 1.29 is 19.5 Å². The van der Waals surface area contributed by atoms with Crippen LogP contribution < -0.4 is 10.6 Å². The Morgan fingerprint density at radius 2 is 1.69 bits per heavy atom. The van der Waals surface area contributed by atoms with Gasteiger partial charge in [-0.1, -0.05) is 39.0 Å². The van der Waals surface area contributed by atoms with Crippen molar-refractivity contribution in [1.29, 1.82) is 0 Å². The number of benzene rings is 1. The molecule has 142 valence electrons. The molecule has 0 aromatic heterocycles. The third kappa shape index (κ3) is 5.86. The molecule has 0 bridgehead atoms. The van der Waals surface area contributed by atoms with Crippen LogP contribution in [0.25, 0.3) is 0 Å². The van der Waals surface area contributed by atoms with Gasteiger partial charge in [-0.05, 0) is 43.0 Å². The molecule has 6 nitrogen and oxygen atoms in total. The lowest BCUT2D eigenvalue weighted by atomic mass is 9.79. The van der Waals surface area contributed by atoms with E-state index in [4.69, 9.17) is 5.11 Å². The summed E-state index contributed by atoms with van der Waals surface area (Å²) in [6.45, 7) is 3.55. The van der Waals surface area contributed by atoms with Gasteiger partial charge in [0.05, 0.1) is 0 Å². The topological polar surface area (TPSA) is 95.5 Å². The summed E-state index contributed by atoms with van der Waals surface area (Å²) in [5.41, 5.74) is 0.986. The lowest BCUT2D eigenvalue weighted by molar-refractivity contribution is -0.138. The van der Waals surface area contributed by atoms with Crippen molar-refractivity contribution in [3.63, 3.8) is 0 Å². The Morgan fingerprint density at radius 3 is 2.27 bits per heavy atom. The number of carboxylic acids is 1. The maximum Gasteiger partial charge on any atom is 0.325 e. The van der Waals surface area contributed by atoms with Gasteiger partial charge in [-0.3, -0.25) is 14.4 Å². The van der Waals surface area contributed by atoms with Crippen molar-refractivity contribution in [2.45, 2.75) is 58.4 Å². The number of carboxylic acid groups (broad SMARTS) is 1. The fourth-order valence-electron chi connectivity index (χ4n) is 3.42. The molecule has 6 heteroatoms. The molecule has 1 fully saturated rings. The maximum atomic E-state index is 12.2. The minimum Gasteiger partial charge on any atom is -0.480 e. The Balaban J connectivity index is 1.85. The molecule has 1 aromatic carbocycles. The van der Waals surface area contributed by atoms with E-state index in [-0.39, 0.29) is 5.91 Å². The van der Waals surface area contributed by atoms with Crippen molar-refractivity contribution in [1.82, 2.24) is 5.32 Å². The van der Waals surface area contributed by atoms with Crippen LogP contribution in [-0.2, 0) is 9.59 Å². The number of rotatable bonds is 7. The summed E-state index contributed by atoms with van der Waals surface area (Å²) in [5.74, 6) is -0.549. The van der Waals surface area contributed by atoms with E-state index in [1.165, 1.54) is 39.0 Å². The molecule has 1 aliphatic carbocycles. The van der Waals surface area contributed by atoms with Gasteiger partial charge in [-0.25, -0.2) is 0 Å². The molecule has 2 unspecified atom stereocenters. The molecule has 0 spiro atoms. The summed E-state index contributed by atoms with van der Waals surface area (Å²) >= 11 is 0. The van der Waals surface area contributed by atoms with Gasteiger partial charge >= 0.3 is 5.97 Å². The second-order valence-corrected chi connectivity index (χ2v) is 7.24. The van der Waals surface area contributed by atoms with Crippen LogP contribution in [0.15, 0.2) is 24.3 Å². The first-order valence-corrected chi connectivity index (χ1v) is 9.30. The van der Waals surface area contributed by atoms with Crippen LogP contribution in [0, 0.1) is 11.8 Å². The van der Waals surface area contributed by atoms with Crippen LogP contribution >= 0.6 is 0 Å². The number of hydrogen-bond donors (Lipinski definition) is 3. The van der Waals surface area contributed by atoms with E-state index in [0.29, 0.717) is 29.5 Å². The third-order valence-electron chi connectivity index (χ3n) is 5.11. The highest BCUT2D eigenvalue weighted by molar-refractivity contribution is 5.97. The van der Waals surface area contributed by atoms with Crippen molar-refractivity contribution in [3.8, 4) is 0 Å². The first-order chi connectivity index (χ1) is 12.4. The van der Waals surface area contributed by atoms with Crippen LogP contribution in [0.1, 0.15) is 62.7 Å². The van der Waals surface area contributed by atoms with Crippen molar-refractivity contribution in [2.24, 2.45) is 11.8 Å². The van der Waals surface area contributed by atoms with Gasteiger partial charge in [0.2, 0.25) is 5.91 Å². The maximum absolute atomic E-state index is 12.2. The Labute approximate surface area is 154 Å². The number of carbonyl (C=O) groups is 3. The largest absolute Gasteiger partial charge is 0.480 e. The predicted octanol–water partition coefficient (Wildman–Crippen LogP) is 3.43. The molecule has 1 saturated carbocycles. The zero-order valence-electron chi connectivity index (χ0n) is 15.5. The normalized spacial score (nSPS) is 17.2. The Hall–Kier alpha value is -2.37. The summed E-state index contributed by atoms with van der Waals surface area (Å²) in [4.78, 5) is 35.0. The van der Waals surface area contributed by atoms with Crippen LogP contribution in [0.4, 0.5) is 5.69 Å². The Bertz CT molecular complexity index is 636. The molecule has 2 rings (SSSR count). The minimum atomic E-state index is -1.09. The quantitative estimate of drug-likeness (QED) is 0.694. The fraction of sp³-hybridized carbons (Fsp3) is 0.550. The molecular formula is C20H28N2O4. The van der Waals surface area contributed by atoms with E-state index in [0.717, 1.165) is 0 Å². The smallest absolute Gasteiger partial charge is 0.325 e. The number of carbonyl (C=O) groups excluding carboxylic acids is 2. The van der Waals surface area contributed by atoms with Gasteiger partial charge in [0.15, 0.2) is 0 Å². The first kappa shape index (κ1) is 19.9. The SMILES string of the molecule is CC(NC(=O)c1ccc(NC(=O)CC(C)C2CCCCC2)cc1)C(=O)O. The molecule has 0 radical (unpaired) electrons. The first-order valence-electron chi connectivity index (χ1n) is 9.30. The van der Waals surface area contributed by atoms with Crippen LogP contribution in [-0.4, -0.2) is 28.9 Å². The lowest BCUT2D eigenvalue weighted by Gasteiger charge is -2.27. The van der Waals surface area contributed by atoms with E-state index in [2.05, 4.69) is 17.6 Å². The molecule has 0 saturated heterocycles. The molecule has 2 atom stereocenters. The van der Waals surface area contributed by atoms with E-state index in [1.807, 2.05) is 0 Å². The number of aliphatic carboxylic acids is 1. The summed E-state index contributed by atoms with van der Waals surface area (Å²) in [7, 11) is 0.